The van der Waals surface area contributed by atoms with Crippen molar-refractivity contribution in [3.8, 4) is 5.75 Å². The molecular weight excluding hydrogens is 236 g/mol. The molecule has 94 valence electrons. The van der Waals surface area contributed by atoms with Gasteiger partial charge in [0.2, 0.25) is 5.89 Å². The first-order valence-corrected chi connectivity index (χ1v) is 5.36. The van der Waals surface area contributed by atoms with Crippen LogP contribution in [0.2, 0.25) is 0 Å². The molecule has 0 fully saturated rings. The van der Waals surface area contributed by atoms with Crippen molar-refractivity contribution in [1.29, 1.82) is 0 Å². The number of carbonyl (C=O) groups is 1. The highest BCUT2D eigenvalue weighted by Crippen LogP contribution is 2.14. The van der Waals surface area contributed by atoms with Crippen molar-refractivity contribution in [2.75, 3.05) is 0 Å². The molecule has 18 heavy (non-hydrogen) atoms. The van der Waals surface area contributed by atoms with Gasteiger partial charge in [0.15, 0.2) is 6.61 Å². The second kappa shape index (κ2) is 5.31. The lowest BCUT2D eigenvalue weighted by Crippen LogP contribution is -2.00. The average molecular weight is 248 g/mol. The zero-order valence-electron chi connectivity index (χ0n) is 9.79. The highest BCUT2D eigenvalue weighted by Gasteiger charge is 2.04. The number of aliphatic carboxylic acids is 1. The number of carboxylic acids is 1. The summed E-state index contributed by atoms with van der Waals surface area (Å²) in [4.78, 5) is 10.5. The Hall–Kier alpha value is -2.37. The molecule has 0 radical (unpaired) electrons. The summed E-state index contributed by atoms with van der Waals surface area (Å²) >= 11 is 0. The van der Waals surface area contributed by atoms with Gasteiger partial charge in [-0.05, 0) is 17.7 Å². The van der Waals surface area contributed by atoms with E-state index in [4.69, 9.17) is 14.3 Å². The van der Waals surface area contributed by atoms with Crippen LogP contribution in [0.3, 0.4) is 0 Å². The lowest BCUT2D eigenvalue weighted by molar-refractivity contribution is -0.136. The number of hydrogen-bond acceptors (Lipinski definition) is 5. The highest BCUT2D eigenvalue weighted by atomic mass is 16.5. The maximum Gasteiger partial charge on any atom is 0.307 e. The van der Waals surface area contributed by atoms with Crippen LogP contribution in [0.4, 0.5) is 0 Å². The maximum absolute atomic E-state index is 10.5. The predicted octanol–water partition coefficient (Wildman–Crippen LogP) is 1.58. The first-order valence-electron chi connectivity index (χ1n) is 5.36. The second-order valence-corrected chi connectivity index (χ2v) is 3.72. The molecule has 0 spiro atoms. The zero-order chi connectivity index (χ0) is 13.0. The maximum atomic E-state index is 10.5. The number of aryl methyl sites for hydroxylation is 1. The van der Waals surface area contributed by atoms with Crippen molar-refractivity contribution >= 4 is 5.97 Å². The summed E-state index contributed by atoms with van der Waals surface area (Å²) in [6, 6.07) is 6.84. The van der Waals surface area contributed by atoms with Crippen molar-refractivity contribution in [2.45, 2.75) is 20.0 Å². The van der Waals surface area contributed by atoms with Gasteiger partial charge in [-0.3, -0.25) is 4.79 Å². The van der Waals surface area contributed by atoms with Gasteiger partial charge in [-0.15, -0.1) is 10.2 Å². The molecule has 0 aliphatic carbocycles. The minimum absolute atomic E-state index is 0.00311. The van der Waals surface area contributed by atoms with E-state index in [9.17, 15) is 4.79 Å². The summed E-state index contributed by atoms with van der Waals surface area (Å²) in [6.45, 7) is 1.90. The van der Waals surface area contributed by atoms with E-state index in [-0.39, 0.29) is 13.0 Å². The quantitative estimate of drug-likeness (QED) is 0.864. The average Bonchev–Trinajstić information content (AvgIpc) is 2.74. The second-order valence-electron chi connectivity index (χ2n) is 3.72. The summed E-state index contributed by atoms with van der Waals surface area (Å²) in [6.07, 6.45) is 0.00311. The molecule has 1 aromatic heterocycles. The Bertz CT molecular complexity index is 533. The Kier molecular flexibility index (Phi) is 3.57. The molecule has 0 saturated heterocycles. The number of benzene rings is 1. The van der Waals surface area contributed by atoms with E-state index in [0.717, 1.165) is 5.56 Å². The van der Waals surface area contributed by atoms with Gasteiger partial charge in [0.05, 0.1) is 6.42 Å². The van der Waals surface area contributed by atoms with Crippen LogP contribution in [0.15, 0.2) is 28.7 Å². The summed E-state index contributed by atoms with van der Waals surface area (Å²) in [5, 5.41) is 16.1. The molecular formula is C12H12N2O4. The lowest BCUT2D eigenvalue weighted by Gasteiger charge is -2.03. The molecule has 0 atom stereocenters. The van der Waals surface area contributed by atoms with Gasteiger partial charge in [-0.25, -0.2) is 0 Å². The number of nitrogens with zero attached hydrogens (tertiary/aromatic N) is 2. The van der Waals surface area contributed by atoms with Crippen LogP contribution >= 0.6 is 0 Å². The molecule has 6 nitrogen and oxygen atoms in total. The van der Waals surface area contributed by atoms with Crippen molar-refractivity contribution in [1.82, 2.24) is 10.2 Å². The normalized spacial score (nSPS) is 10.3. The van der Waals surface area contributed by atoms with E-state index in [0.29, 0.717) is 17.5 Å². The Balaban J connectivity index is 1.92. The molecule has 1 aromatic carbocycles. The van der Waals surface area contributed by atoms with E-state index >= 15 is 0 Å². The largest absolute Gasteiger partial charge is 0.484 e. The molecule has 0 unspecified atom stereocenters. The van der Waals surface area contributed by atoms with Gasteiger partial charge in [-0.2, -0.15) is 0 Å². The topological polar surface area (TPSA) is 85.5 Å². The van der Waals surface area contributed by atoms with Crippen LogP contribution in [-0.2, 0) is 17.8 Å². The van der Waals surface area contributed by atoms with Crippen molar-refractivity contribution in [3.05, 3.63) is 41.6 Å². The van der Waals surface area contributed by atoms with E-state index in [2.05, 4.69) is 10.2 Å². The van der Waals surface area contributed by atoms with Crippen LogP contribution in [0.5, 0.6) is 5.75 Å². The fraction of sp³-hybridized carbons (Fsp3) is 0.250. The molecule has 2 aromatic rings. The third-order valence-electron chi connectivity index (χ3n) is 2.21. The van der Waals surface area contributed by atoms with Crippen LogP contribution in [0.25, 0.3) is 0 Å². The highest BCUT2D eigenvalue weighted by molar-refractivity contribution is 5.70. The fourth-order valence-corrected chi connectivity index (χ4v) is 1.42. The Morgan fingerprint density at radius 1 is 1.33 bits per heavy atom. The number of aromatic nitrogens is 2. The number of ether oxygens (including phenoxy) is 1. The number of rotatable bonds is 5. The van der Waals surface area contributed by atoms with Gasteiger partial charge >= 0.3 is 5.97 Å². The Morgan fingerprint density at radius 3 is 2.61 bits per heavy atom. The van der Waals surface area contributed by atoms with E-state index in [1.54, 1.807) is 31.2 Å². The van der Waals surface area contributed by atoms with Gasteiger partial charge in [0.25, 0.3) is 5.89 Å². The Labute approximate surface area is 103 Å². The van der Waals surface area contributed by atoms with Crippen LogP contribution in [0, 0.1) is 6.92 Å². The predicted molar refractivity (Wildman–Crippen MR) is 61.1 cm³/mol. The van der Waals surface area contributed by atoms with Crippen LogP contribution < -0.4 is 4.74 Å². The first-order chi connectivity index (χ1) is 8.63. The first kappa shape index (κ1) is 12.1. The smallest absolute Gasteiger partial charge is 0.307 e. The van der Waals surface area contributed by atoms with Crippen LogP contribution in [-0.4, -0.2) is 21.3 Å². The molecule has 6 heteroatoms. The van der Waals surface area contributed by atoms with E-state index in [1.807, 2.05) is 0 Å². The molecule has 1 N–H and O–H groups in total. The number of carboxylic acid groups (broad SMARTS) is 1. The molecule has 0 bridgehead atoms. The third-order valence-corrected chi connectivity index (χ3v) is 2.21. The fourth-order valence-electron chi connectivity index (χ4n) is 1.42. The van der Waals surface area contributed by atoms with Crippen molar-refractivity contribution in [2.24, 2.45) is 0 Å². The molecule has 1 heterocycles. The molecule has 0 amide bonds. The van der Waals surface area contributed by atoms with E-state index in [1.165, 1.54) is 0 Å². The number of hydrogen-bond donors (Lipinski definition) is 1. The molecule has 0 aliphatic rings. The summed E-state index contributed by atoms with van der Waals surface area (Å²) in [5.41, 5.74) is 0.725. The van der Waals surface area contributed by atoms with Gasteiger partial charge in [-0.1, -0.05) is 12.1 Å². The summed E-state index contributed by atoms with van der Waals surface area (Å²) in [7, 11) is 0. The summed E-state index contributed by atoms with van der Waals surface area (Å²) < 4.78 is 10.6. The minimum atomic E-state index is -0.856. The van der Waals surface area contributed by atoms with Crippen molar-refractivity contribution < 1.29 is 19.1 Å². The summed E-state index contributed by atoms with van der Waals surface area (Å²) in [5.74, 6) is 0.664. The van der Waals surface area contributed by atoms with Crippen molar-refractivity contribution in [3.63, 3.8) is 0 Å². The lowest BCUT2D eigenvalue weighted by atomic mass is 10.1. The van der Waals surface area contributed by atoms with Gasteiger partial charge < -0.3 is 14.3 Å². The minimum Gasteiger partial charge on any atom is -0.484 e. The third kappa shape index (κ3) is 3.31. The molecule has 0 saturated carbocycles. The van der Waals surface area contributed by atoms with E-state index < -0.39 is 5.97 Å². The Morgan fingerprint density at radius 2 is 2.06 bits per heavy atom. The molecule has 2 rings (SSSR count). The zero-order valence-corrected chi connectivity index (χ0v) is 9.79. The van der Waals surface area contributed by atoms with Gasteiger partial charge in [0.1, 0.15) is 5.75 Å². The standard InChI is InChI=1S/C12H12N2O4/c1-8-13-14-11(18-8)7-17-10-4-2-9(3-5-10)6-12(15)16/h2-5H,6-7H2,1H3,(H,15,16). The SMILES string of the molecule is Cc1nnc(COc2ccc(CC(=O)O)cc2)o1. The van der Waals surface area contributed by atoms with Crippen LogP contribution in [0.1, 0.15) is 17.3 Å². The molecule has 0 aliphatic heterocycles. The van der Waals surface area contributed by atoms with Gasteiger partial charge in [0, 0.05) is 6.92 Å². The monoisotopic (exact) mass is 248 g/mol.